The lowest BCUT2D eigenvalue weighted by Gasteiger charge is -2.06. The molecule has 0 saturated heterocycles. The molecule has 1 amide bonds. The van der Waals surface area contributed by atoms with Gasteiger partial charge in [0.05, 0.1) is 5.02 Å². The highest BCUT2D eigenvalue weighted by atomic mass is 35.5. The Hall–Kier alpha value is -3.60. The Balaban J connectivity index is 1.46. The van der Waals surface area contributed by atoms with Gasteiger partial charge in [0.25, 0.3) is 5.91 Å². The van der Waals surface area contributed by atoms with Crippen LogP contribution in [0.25, 0.3) is 17.4 Å². The lowest BCUT2D eigenvalue weighted by Crippen LogP contribution is -2.12. The maximum Gasteiger partial charge on any atom is 0.255 e. The fraction of sp³-hybridized carbons (Fsp3) is 0. The predicted octanol–water partition coefficient (Wildman–Crippen LogP) is 7.40. The summed E-state index contributed by atoms with van der Waals surface area (Å²) in [5.41, 5.74) is 2.19. The van der Waals surface area contributed by atoms with Gasteiger partial charge in [-0.1, -0.05) is 53.5 Å². The van der Waals surface area contributed by atoms with Crippen LogP contribution in [0.1, 0.15) is 26.5 Å². The summed E-state index contributed by atoms with van der Waals surface area (Å²) in [6.07, 6.45) is 3.00. The summed E-state index contributed by atoms with van der Waals surface area (Å²) in [6, 6.07) is 24.3. The molecule has 1 aromatic heterocycles. The van der Waals surface area contributed by atoms with Crippen LogP contribution in [-0.2, 0) is 0 Å². The van der Waals surface area contributed by atoms with Gasteiger partial charge < -0.3 is 9.73 Å². The second kappa shape index (κ2) is 9.69. The normalized spacial score (nSPS) is 10.9. The molecule has 0 aliphatic rings. The molecule has 6 heteroatoms. The second-order valence-electron chi connectivity index (χ2n) is 6.92. The molecule has 0 aliphatic carbocycles. The molecule has 0 spiro atoms. The van der Waals surface area contributed by atoms with Crippen LogP contribution >= 0.6 is 23.2 Å². The van der Waals surface area contributed by atoms with Gasteiger partial charge in [-0.15, -0.1) is 0 Å². The van der Waals surface area contributed by atoms with E-state index in [1.54, 1.807) is 84.9 Å². The highest BCUT2D eigenvalue weighted by Gasteiger charge is 2.10. The van der Waals surface area contributed by atoms with Crippen molar-refractivity contribution in [3.63, 3.8) is 0 Å². The van der Waals surface area contributed by atoms with E-state index >= 15 is 0 Å². The van der Waals surface area contributed by atoms with Crippen molar-refractivity contribution in [1.82, 2.24) is 0 Å². The molecule has 0 unspecified atom stereocenters. The monoisotopic (exact) mass is 461 g/mol. The number of carbonyl (C=O) groups is 2. The summed E-state index contributed by atoms with van der Waals surface area (Å²) >= 11 is 12.3. The van der Waals surface area contributed by atoms with Crippen LogP contribution < -0.4 is 5.32 Å². The van der Waals surface area contributed by atoms with E-state index in [-0.39, 0.29) is 11.7 Å². The number of benzene rings is 3. The molecule has 0 atom stereocenters. The molecule has 0 fully saturated rings. The molecule has 4 rings (SSSR count). The van der Waals surface area contributed by atoms with Gasteiger partial charge in [-0.05, 0) is 66.7 Å². The minimum absolute atomic E-state index is 0.223. The topological polar surface area (TPSA) is 59.3 Å². The van der Waals surface area contributed by atoms with E-state index in [9.17, 15) is 9.59 Å². The molecule has 0 aliphatic heterocycles. The Labute approximate surface area is 195 Å². The van der Waals surface area contributed by atoms with Gasteiger partial charge in [-0.2, -0.15) is 0 Å². The zero-order valence-electron chi connectivity index (χ0n) is 16.7. The van der Waals surface area contributed by atoms with Gasteiger partial charge in [0.15, 0.2) is 5.78 Å². The third kappa shape index (κ3) is 5.17. The van der Waals surface area contributed by atoms with Crippen LogP contribution in [-0.4, -0.2) is 11.7 Å². The Morgan fingerprint density at radius 3 is 2.41 bits per heavy atom. The van der Waals surface area contributed by atoms with E-state index < -0.39 is 0 Å². The minimum atomic E-state index is -0.242. The molecule has 4 nitrogen and oxygen atoms in total. The first-order valence-corrected chi connectivity index (χ1v) is 10.5. The van der Waals surface area contributed by atoms with Gasteiger partial charge >= 0.3 is 0 Å². The van der Waals surface area contributed by atoms with Gasteiger partial charge in [-0.3, -0.25) is 9.59 Å². The summed E-state index contributed by atoms with van der Waals surface area (Å²) in [5.74, 6) is 0.584. The number of ketones is 1. The molecule has 158 valence electrons. The van der Waals surface area contributed by atoms with Crippen molar-refractivity contribution < 1.29 is 14.0 Å². The van der Waals surface area contributed by atoms with Crippen molar-refractivity contribution in [2.24, 2.45) is 0 Å². The maximum atomic E-state index is 12.6. The molecule has 3 aromatic carbocycles. The van der Waals surface area contributed by atoms with Gasteiger partial charge in [0.1, 0.15) is 11.5 Å². The second-order valence-corrected chi connectivity index (χ2v) is 7.77. The van der Waals surface area contributed by atoms with Crippen LogP contribution in [0.4, 0.5) is 5.69 Å². The number of nitrogens with one attached hydrogen (secondary N) is 1. The summed E-state index contributed by atoms with van der Waals surface area (Å²) in [5, 5.41) is 3.87. The summed E-state index contributed by atoms with van der Waals surface area (Å²) in [4.78, 5) is 25.0. The zero-order valence-corrected chi connectivity index (χ0v) is 18.2. The van der Waals surface area contributed by atoms with Crippen LogP contribution in [0.3, 0.4) is 0 Å². The Kier molecular flexibility index (Phi) is 6.55. The molecule has 4 aromatic rings. The fourth-order valence-corrected chi connectivity index (χ4v) is 3.45. The number of carbonyl (C=O) groups excluding carboxylic acids is 2. The van der Waals surface area contributed by atoms with Gasteiger partial charge in [0.2, 0.25) is 0 Å². The molecule has 0 saturated carbocycles. The Morgan fingerprint density at radius 2 is 1.59 bits per heavy atom. The maximum absolute atomic E-state index is 12.6. The van der Waals surface area contributed by atoms with E-state index in [1.165, 1.54) is 6.08 Å². The van der Waals surface area contributed by atoms with E-state index in [0.717, 1.165) is 0 Å². The standard InChI is InChI=1S/C26H17Cl2NO3/c27-19-9-12-23(28)22(16-19)25-14-11-21(32-25)10-13-24(30)18-7-4-8-20(15-18)29-26(31)17-5-2-1-3-6-17/h1-16H,(H,29,31)/b13-10+. The summed E-state index contributed by atoms with van der Waals surface area (Å²) in [6.45, 7) is 0. The highest BCUT2D eigenvalue weighted by molar-refractivity contribution is 6.35. The van der Waals surface area contributed by atoms with Crippen LogP contribution in [0.15, 0.2) is 95.4 Å². The van der Waals surface area contributed by atoms with Crippen molar-refractivity contribution in [2.45, 2.75) is 0 Å². The van der Waals surface area contributed by atoms with Crippen LogP contribution in [0.5, 0.6) is 0 Å². The molecular formula is C26H17Cl2NO3. The molecule has 0 bridgehead atoms. The lowest BCUT2D eigenvalue weighted by molar-refractivity contribution is 0.102. The number of furan rings is 1. The van der Waals surface area contributed by atoms with Gasteiger partial charge in [0, 0.05) is 27.4 Å². The quantitative estimate of drug-likeness (QED) is 0.240. The van der Waals surface area contributed by atoms with E-state index in [0.29, 0.717) is 43.9 Å². The van der Waals surface area contributed by atoms with E-state index in [4.69, 9.17) is 27.6 Å². The van der Waals surface area contributed by atoms with Crippen LogP contribution in [0, 0.1) is 0 Å². The average molecular weight is 462 g/mol. The predicted molar refractivity (Wildman–Crippen MR) is 128 cm³/mol. The Morgan fingerprint density at radius 1 is 0.812 bits per heavy atom. The SMILES string of the molecule is O=C(/C=C/c1ccc(-c2cc(Cl)ccc2Cl)o1)c1cccc(NC(=O)c2ccccc2)c1. The van der Waals surface area contributed by atoms with Crippen molar-refractivity contribution >= 4 is 46.7 Å². The average Bonchev–Trinajstić information content (AvgIpc) is 3.28. The zero-order chi connectivity index (χ0) is 22.5. The Bertz CT molecular complexity index is 1310. The first-order chi connectivity index (χ1) is 15.5. The smallest absolute Gasteiger partial charge is 0.255 e. The number of hydrogen-bond acceptors (Lipinski definition) is 3. The fourth-order valence-electron chi connectivity index (χ4n) is 3.07. The first kappa shape index (κ1) is 21.6. The number of halogens is 2. The highest BCUT2D eigenvalue weighted by Crippen LogP contribution is 2.32. The van der Waals surface area contributed by atoms with Crippen molar-refractivity contribution in [1.29, 1.82) is 0 Å². The molecule has 1 heterocycles. The molecular weight excluding hydrogens is 445 g/mol. The molecule has 32 heavy (non-hydrogen) atoms. The summed E-state index contributed by atoms with van der Waals surface area (Å²) in [7, 11) is 0. The number of hydrogen-bond donors (Lipinski definition) is 1. The first-order valence-electron chi connectivity index (χ1n) is 9.74. The molecule has 0 radical (unpaired) electrons. The number of amides is 1. The lowest BCUT2D eigenvalue weighted by atomic mass is 10.1. The van der Waals surface area contributed by atoms with E-state index in [1.807, 2.05) is 6.07 Å². The molecule has 1 N–H and O–H groups in total. The van der Waals surface area contributed by atoms with E-state index in [2.05, 4.69) is 5.32 Å². The van der Waals surface area contributed by atoms with Crippen molar-refractivity contribution in [2.75, 3.05) is 5.32 Å². The third-order valence-electron chi connectivity index (χ3n) is 4.66. The number of rotatable bonds is 6. The number of allylic oxidation sites excluding steroid dienone is 1. The van der Waals surface area contributed by atoms with Gasteiger partial charge in [-0.25, -0.2) is 0 Å². The van der Waals surface area contributed by atoms with Crippen molar-refractivity contribution in [3.8, 4) is 11.3 Å². The number of anilines is 1. The third-order valence-corrected chi connectivity index (χ3v) is 5.23. The largest absolute Gasteiger partial charge is 0.457 e. The minimum Gasteiger partial charge on any atom is -0.457 e. The van der Waals surface area contributed by atoms with Crippen molar-refractivity contribution in [3.05, 3.63) is 118 Å². The summed E-state index contributed by atoms with van der Waals surface area (Å²) < 4.78 is 5.78. The van der Waals surface area contributed by atoms with Crippen LogP contribution in [0.2, 0.25) is 10.0 Å².